The minimum Gasteiger partial charge on any atom is -0.493 e. The Labute approximate surface area is 151 Å². The van der Waals surface area contributed by atoms with Crippen molar-refractivity contribution in [1.29, 1.82) is 0 Å². The van der Waals surface area contributed by atoms with Crippen molar-refractivity contribution in [3.05, 3.63) is 71.6 Å². The number of rotatable bonds is 6. The lowest BCUT2D eigenvalue weighted by atomic mass is 10.2. The number of carbonyl (C=O) groups is 2. The molecule has 0 atom stereocenters. The summed E-state index contributed by atoms with van der Waals surface area (Å²) >= 11 is 0. The van der Waals surface area contributed by atoms with Gasteiger partial charge < -0.3 is 4.74 Å². The van der Waals surface area contributed by atoms with E-state index in [1.807, 2.05) is 0 Å². The Balaban J connectivity index is 1.81. The van der Waals surface area contributed by atoms with Crippen LogP contribution in [0.25, 0.3) is 6.08 Å². The van der Waals surface area contributed by atoms with Crippen LogP contribution < -0.4 is 15.6 Å². The standard InChI is InChI=1S/C20H21FN2O3/c1-14(2)13-26-18-10-6-16(7-11-18)20(25)23-22-19(24)12-5-15-3-8-17(21)9-4-15/h3-12,14H,13H2,1-2H3,(H,22,24)(H,23,25)/b12-5+. The molecule has 2 amide bonds. The van der Waals surface area contributed by atoms with Crippen LogP contribution in [0.1, 0.15) is 29.8 Å². The normalized spacial score (nSPS) is 10.8. The summed E-state index contributed by atoms with van der Waals surface area (Å²) in [5.74, 6) is -0.194. The van der Waals surface area contributed by atoms with Crippen molar-refractivity contribution in [3.63, 3.8) is 0 Å². The molecule has 0 bridgehead atoms. The van der Waals surface area contributed by atoms with Gasteiger partial charge in [-0.3, -0.25) is 20.4 Å². The van der Waals surface area contributed by atoms with Crippen molar-refractivity contribution in [2.24, 2.45) is 5.92 Å². The van der Waals surface area contributed by atoms with Crippen molar-refractivity contribution >= 4 is 17.9 Å². The van der Waals surface area contributed by atoms with Crippen LogP contribution in [0.3, 0.4) is 0 Å². The molecule has 136 valence electrons. The fourth-order valence-electron chi connectivity index (χ4n) is 1.94. The monoisotopic (exact) mass is 356 g/mol. The van der Waals surface area contributed by atoms with Crippen LogP contribution in [0.2, 0.25) is 0 Å². The molecule has 6 heteroatoms. The molecule has 26 heavy (non-hydrogen) atoms. The highest BCUT2D eigenvalue weighted by Gasteiger charge is 2.06. The quantitative estimate of drug-likeness (QED) is 0.616. The van der Waals surface area contributed by atoms with Crippen molar-refractivity contribution in [1.82, 2.24) is 10.9 Å². The van der Waals surface area contributed by atoms with Gasteiger partial charge in [-0.25, -0.2) is 4.39 Å². The molecule has 0 fully saturated rings. The highest BCUT2D eigenvalue weighted by Crippen LogP contribution is 2.13. The molecular weight excluding hydrogens is 335 g/mol. The number of nitrogens with one attached hydrogen (secondary N) is 2. The topological polar surface area (TPSA) is 67.4 Å². The first-order chi connectivity index (χ1) is 12.4. The predicted octanol–water partition coefficient (Wildman–Crippen LogP) is 3.33. The third kappa shape index (κ3) is 6.39. The number of hydrogen-bond donors (Lipinski definition) is 2. The van der Waals surface area contributed by atoms with Crippen LogP contribution in [-0.2, 0) is 4.79 Å². The number of hydrazine groups is 1. The molecule has 0 radical (unpaired) electrons. The average Bonchev–Trinajstić information content (AvgIpc) is 2.64. The molecule has 2 rings (SSSR count). The first kappa shape index (κ1) is 19.2. The molecule has 5 nitrogen and oxygen atoms in total. The summed E-state index contributed by atoms with van der Waals surface area (Å²) in [6.45, 7) is 4.70. The molecule has 0 aliphatic heterocycles. The molecular formula is C20H21FN2O3. The van der Waals surface area contributed by atoms with Crippen LogP contribution in [0.15, 0.2) is 54.6 Å². The number of halogens is 1. The number of ether oxygens (including phenoxy) is 1. The smallest absolute Gasteiger partial charge is 0.269 e. The van der Waals surface area contributed by atoms with Gasteiger partial charge in [0.1, 0.15) is 11.6 Å². The van der Waals surface area contributed by atoms with E-state index in [9.17, 15) is 14.0 Å². The second-order valence-electron chi connectivity index (χ2n) is 6.06. The summed E-state index contributed by atoms with van der Waals surface area (Å²) in [4.78, 5) is 23.7. The number of hydrogen-bond acceptors (Lipinski definition) is 3. The van der Waals surface area contributed by atoms with E-state index < -0.39 is 11.8 Å². The Morgan fingerprint density at radius 1 is 1.04 bits per heavy atom. The van der Waals surface area contributed by atoms with Gasteiger partial charge in [0.2, 0.25) is 0 Å². The Morgan fingerprint density at radius 3 is 2.31 bits per heavy atom. The minimum atomic E-state index is -0.500. The van der Waals surface area contributed by atoms with E-state index in [4.69, 9.17) is 4.74 Å². The van der Waals surface area contributed by atoms with Gasteiger partial charge in [0.05, 0.1) is 6.61 Å². The first-order valence-corrected chi connectivity index (χ1v) is 8.21. The van der Waals surface area contributed by atoms with Gasteiger partial charge in [-0.15, -0.1) is 0 Å². The SMILES string of the molecule is CC(C)COc1ccc(C(=O)NNC(=O)/C=C/c2ccc(F)cc2)cc1. The van der Waals surface area contributed by atoms with E-state index in [1.54, 1.807) is 36.4 Å². The van der Waals surface area contributed by atoms with Gasteiger partial charge in [0, 0.05) is 11.6 Å². The third-order valence-electron chi connectivity index (χ3n) is 3.30. The average molecular weight is 356 g/mol. The van der Waals surface area contributed by atoms with E-state index in [1.165, 1.54) is 24.3 Å². The van der Waals surface area contributed by atoms with E-state index in [2.05, 4.69) is 24.7 Å². The van der Waals surface area contributed by atoms with E-state index in [0.29, 0.717) is 29.4 Å². The third-order valence-corrected chi connectivity index (χ3v) is 3.30. The van der Waals surface area contributed by atoms with Crippen LogP contribution >= 0.6 is 0 Å². The molecule has 0 aliphatic carbocycles. The molecule has 0 aliphatic rings. The van der Waals surface area contributed by atoms with Gasteiger partial charge in [0.15, 0.2) is 0 Å². The Morgan fingerprint density at radius 2 is 1.69 bits per heavy atom. The summed E-state index contributed by atoms with van der Waals surface area (Å²) in [5.41, 5.74) is 5.67. The maximum absolute atomic E-state index is 12.8. The Bertz CT molecular complexity index is 769. The summed E-state index contributed by atoms with van der Waals surface area (Å²) in [6.07, 6.45) is 2.76. The second-order valence-corrected chi connectivity index (χ2v) is 6.06. The lowest BCUT2D eigenvalue weighted by Gasteiger charge is -2.09. The van der Waals surface area contributed by atoms with E-state index >= 15 is 0 Å². The van der Waals surface area contributed by atoms with Crippen molar-refractivity contribution in [2.45, 2.75) is 13.8 Å². The van der Waals surface area contributed by atoms with Crippen molar-refractivity contribution in [3.8, 4) is 5.75 Å². The largest absolute Gasteiger partial charge is 0.493 e. The van der Waals surface area contributed by atoms with Gasteiger partial charge in [-0.2, -0.15) is 0 Å². The van der Waals surface area contributed by atoms with Crippen LogP contribution in [-0.4, -0.2) is 18.4 Å². The number of amides is 2. The van der Waals surface area contributed by atoms with E-state index in [-0.39, 0.29) is 5.82 Å². The molecule has 0 saturated carbocycles. The van der Waals surface area contributed by atoms with E-state index in [0.717, 1.165) is 0 Å². The first-order valence-electron chi connectivity index (χ1n) is 8.21. The molecule has 0 saturated heterocycles. The lowest BCUT2D eigenvalue weighted by Crippen LogP contribution is -2.40. The zero-order valence-electron chi connectivity index (χ0n) is 14.7. The van der Waals surface area contributed by atoms with Crippen molar-refractivity contribution in [2.75, 3.05) is 6.61 Å². The van der Waals surface area contributed by atoms with Crippen LogP contribution in [0, 0.1) is 11.7 Å². The molecule has 2 aromatic rings. The maximum Gasteiger partial charge on any atom is 0.269 e. The summed E-state index contributed by atoms with van der Waals surface area (Å²) in [7, 11) is 0. The Hall–Kier alpha value is -3.15. The van der Waals surface area contributed by atoms with Crippen LogP contribution in [0.4, 0.5) is 4.39 Å². The highest BCUT2D eigenvalue weighted by molar-refractivity contribution is 5.97. The zero-order chi connectivity index (χ0) is 18.9. The summed E-state index contributed by atoms with van der Waals surface area (Å²) in [5, 5.41) is 0. The van der Waals surface area contributed by atoms with Crippen LogP contribution in [0.5, 0.6) is 5.75 Å². The number of benzene rings is 2. The zero-order valence-corrected chi connectivity index (χ0v) is 14.7. The second kappa shape index (κ2) is 9.36. The summed E-state index contributed by atoms with van der Waals surface area (Å²) < 4.78 is 18.3. The molecule has 0 spiro atoms. The minimum absolute atomic E-state index is 0.348. The van der Waals surface area contributed by atoms with Crippen molar-refractivity contribution < 1.29 is 18.7 Å². The maximum atomic E-state index is 12.8. The molecule has 0 heterocycles. The molecule has 2 aromatic carbocycles. The Kier molecular flexibility index (Phi) is 6.91. The van der Waals surface area contributed by atoms with Gasteiger partial charge in [-0.1, -0.05) is 26.0 Å². The van der Waals surface area contributed by atoms with Gasteiger partial charge in [0.25, 0.3) is 11.8 Å². The van der Waals surface area contributed by atoms with Gasteiger partial charge in [-0.05, 0) is 54.0 Å². The summed E-state index contributed by atoms with van der Waals surface area (Å²) in [6, 6.07) is 12.3. The highest BCUT2D eigenvalue weighted by atomic mass is 19.1. The lowest BCUT2D eigenvalue weighted by molar-refractivity contribution is -0.117. The number of carbonyl (C=O) groups excluding carboxylic acids is 2. The molecule has 2 N–H and O–H groups in total. The van der Waals surface area contributed by atoms with Gasteiger partial charge >= 0.3 is 0 Å². The molecule has 0 unspecified atom stereocenters. The fraction of sp³-hybridized carbons (Fsp3) is 0.200. The fourth-order valence-corrected chi connectivity index (χ4v) is 1.94. The predicted molar refractivity (Wildman–Crippen MR) is 97.8 cm³/mol. The molecule has 0 aromatic heterocycles.